The molecule has 0 spiro atoms. The van der Waals surface area contributed by atoms with Gasteiger partial charge in [-0.3, -0.25) is 5.84 Å². The van der Waals surface area contributed by atoms with E-state index in [-0.39, 0.29) is 6.04 Å². The molecule has 3 N–H and O–H groups in total. The molecule has 0 saturated carbocycles. The number of ether oxygens (including phenoxy) is 2. The molecule has 1 aromatic carbocycles. The molecule has 2 rings (SSSR count). The fraction of sp³-hybridized carbons (Fsp3) is 0.231. The zero-order valence-corrected chi connectivity index (χ0v) is 14.9. The van der Waals surface area contributed by atoms with Crippen molar-refractivity contribution < 1.29 is 9.47 Å². The monoisotopic (exact) mass is 420 g/mol. The highest BCUT2D eigenvalue weighted by Gasteiger charge is 2.18. The van der Waals surface area contributed by atoms with Crippen molar-refractivity contribution in [3.63, 3.8) is 0 Å². The van der Waals surface area contributed by atoms with E-state index in [9.17, 15) is 0 Å². The number of nitrogens with two attached hydrogens (primary N) is 1. The predicted octanol–water partition coefficient (Wildman–Crippen LogP) is 3.84. The maximum Gasteiger partial charge on any atom is 0.161 e. The molecule has 0 bridgehead atoms. The van der Waals surface area contributed by atoms with E-state index in [1.807, 2.05) is 24.3 Å². The molecule has 1 atom stereocenters. The van der Waals surface area contributed by atoms with Crippen LogP contribution in [0.3, 0.4) is 0 Å². The molecule has 0 radical (unpaired) electrons. The maximum atomic E-state index is 5.71. The molecular weight excluding hydrogens is 408 g/mol. The Morgan fingerprint density at radius 3 is 2.35 bits per heavy atom. The second kappa shape index (κ2) is 6.91. The van der Waals surface area contributed by atoms with E-state index in [1.165, 1.54) is 0 Å². The summed E-state index contributed by atoms with van der Waals surface area (Å²) in [5.41, 5.74) is 3.84. The Bertz CT molecular complexity index is 585. The first-order valence-corrected chi connectivity index (χ1v) is 8.13. The molecule has 1 aromatic heterocycles. The summed E-state index contributed by atoms with van der Waals surface area (Å²) in [7, 11) is 3.23. The number of benzene rings is 1. The quantitative estimate of drug-likeness (QED) is 0.568. The van der Waals surface area contributed by atoms with Gasteiger partial charge in [0.15, 0.2) is 11.5 Å². The van der Waals surface area contributed by atoms with Crippen LogP contribution < -0.4 is 20.7 Å². The fourth-order valence-corrected chi connectivity index (χ4v) is 4.06. The lowest BCUT2D eigenvalue weighted by molar-refractivity contribution is 0.354. The third-order valence-corrected chi connectivity index (χ3v) is 6.18. The molecule has 2 aromatic rings. The number of hydrazine groups is 1. The number of nitrogens with one attached hydrogen (secondary N) is 1. The van der Waals surface area contributed by atoms with Crippen molar-refractivity contribution in [2.45, 2.75) is 6.04 Å². The van der Waals surface area contributed by atoms with Crippen molar-refractivity contribution >= 4 is 43.2 Å². The molecule has 0 aliphatic carbocycles. The van der Waals surface area contributed by atoms with Gasteiger partial charge in [-0.15, -0.1) is 11.3 Å². The first kappa shape index (κ1) is 15.8. The lowest BCUT2D eigenvalue weighted by atomic mass is 10.1. The molecule has 0 saturated heterocycles. The van der Waals surface area contributed by atoms with Gasteiger partial charge in [-0.2, -0.15) is 0 Å². The average Bonchev–Trinajstić information content (AvgIpc) is 2.79. The molecule has 1 unspecified atom stereocenters. The summed E-state index contributed by atoms with van der Waals surface area (Å²) in [4.78, 5) is 1.10. The minimum atomic E-state index is -0.109. The largest absolute Gasteiger partial charge is 0.493 e. The minimum absolute atomic E-state index is 0.109. The number of rotatable bonds is 5. The van der Waals surface area contributed by atoms with Crippen LogP contribution in [0.4, 0.5) is 0 Å². The molecule has 4 nitrogen and oxygen atoms in total. The second-order valence-corrected chi connectivity index (χ2v) is 7.24. The van der Waals surface area contributed by atoms with E-state index >= 15 is 0 Å². The van der Waals surface area contributed by atoms with Gasteiger partial charge in [0.1, 0.15) is 0 Å². The molecule has 0 aliphatic heterocycles. The Kier molecular flexibility index (Phi) is 5.45. The summed E-state index contributed by atoms with van der Waals surface area (Å²) in [6.45, 7) is 0. The zero-order chi connectivity index (χ0) is 14.7. The predicted molar refractivity (Wildman–Crippen MR) is 88.4 cm³/mol. The van der Waals surface area contributed by atoms with Gasteiger partial charge < -0.3 is 9.47 Å². The Labute approximate surface area is 138 Å². The highest BCUT2D eigenvalue weighted by atomic mass is 79.9. The van der Waals surface area contributed by atoms with E-state index in [4.69, 9.17) is 15.3 Å². The van der Waals surface area contributed by atoms with Crippen molar-refractivity contribution in [2.24, 2.45) is 5.84 Å². The van der Waals surface area contributed by atoms with Gasteiger partial charge in [0, 0.05) is 9.35 Å². The lowest BCUT2D eigenvalue weighted by Crippen LogP contribution is -2.28. The van der Waals surface area contributed by atoms with Gasteiger partial charge in [-0.05, 0) is 55.6 Å². The first-order chi connectivity index (χ1) is 9.60. The number of hydrogen-bond acceptors (Lipinski definition) is 5. The van der Waals surface area contributed by atoms with Gasteiger partial charge in [0.25, 0.3) is 0 Å². The van der Waals surface area contributed by atoms with Crippen molar-refractivity contribution in [1.82, 2.24) is 5.43 Å². The average molecular weight is 422 g/mol. The number of hydrogen-bond donors (Lipinski definition) is 2. The normalized spacial score (nSPS) is 12.2. The third kappa shape index (κ3) is 3.17. The molecular formula is C13H14Br2N2O2S. The van der Waals surface area contributed by atoms with E-state index in [2.05, 4.69) is 37.3 Å². The van der Waals surface area contributed by atoms with Gasteiger partial charge in [0.05, 0.1) is 24.0 Å². The van der Waals surface area contributed by atoms with Gasteiger partial charge in [-0.1, -0.05) is 6.07 Å². The van der Waals surface area contributed by atoms with Crippen molar-refractivity contribution in [1.29, 1.82) is 0 Å². The summed E-state index contributed by atoms with van der Waals surface area (Å²) in [6, 6.07) is 7.69. The van der Waals surface area contributed by atoms with Crippen LogP contribution in [0.1, 0.15) is 16.5 Å². The Morgan fingerprint density at radius 2 is 1.85 bits per heavy atom. The van der Waals surface area contributed by atoms with Gasteiger partial charge in [0.2, 0.25) is 0 Å². The van der Waals surface area contributed by atoms with Gasteiger partial charge >= 0.3 is 0 Å². The molecule has 7 heteroatoms. The summed E-state index contributed by atoms with van der Waals surface area (Å²) in [6.07, 6.45) is 0. The summed E-state index contributed by atoms with van der Waals surface area (Å²) in [5.74, 6) is 7.09. The molecule has 0 amide bonds. The minimum Gasteiger partial charge on any atom is -0.493 e. The second-order valence-electron chi connectivity index (χ2n) is 3.98. The number of halogens is 2. The van der Waals surface area contributed by atoms with Crippen LogP contribution in [-0.2, 0) is 0 Å². The van der Waals surface area contributed by atoms with E-state index in [0.29, 0.717) is 11.5 Å². The van der Waals surface area contributed by atoms with Crippen LogP contribution in [0.15, 0.2) is 32.5 Å². The lowest BCUT2D eigenvalue weighted by Gasteiger charge is -2.17. The van der Waals surface area contributed by atoms with Crippen LogP contribution in [0.2, 0.25) is 0 Å². The van der Waals surface area contributed by atoms with E-state index in [1.54, 1.807) is 25.6 Å². The summed E-state index contributed by atoms with van der Waals surface area (Å²) in [5, 5.41) is 0. The van der Waals surface area contributed by atoms with Crippen LogP contribution in [0, 0.1) is 0 Å². The van der Waals surface area contributed by atoms with E-state index in [0.717, 1.165) is 18.7 Å². The molecule has 0 aliphatic rings. The maximum absolute atomic E-state index is 5.71. The van der Waals surface area contributed by atoms with Crippen LogP contribution >= 0.6 is 43.2 Å². The van der Waals surface area contributed by atoms with Crippen molar-refractivity contribution in [3.8, 4) is 11.5 Å². The Balaban J connectivity index is 2.41. The third-order valence-electron chi connectivity index (χ3n) is 2.86. The van der Waals surface area contributed by atoms with Crippen molar-refractivity contribution in [3.05, 3.63) is 43.0 Å². The number of thiophene rings is 1. The topological polar surface area (TPSA) is 56.5 Å². The first-order valence-electron chi connectivity index (χ1n) is 5.73. The van der Waals surface area contributed by atoms with Crippen LogP contribution in [0.25, 0.3) is 0 Å². The SMILES string of the molecule is COc1ccc(C(NN)c2cc(Br)c(Br)s2)cc1OC. The zero-order valence-electron chi connectivity index (χ0n) is 10.9. The van der Waals surface area contributed by atoms with Gasteiger partial charge in [-0.25, -0.2) is 5.43 Å². The Morgan fingerprint density at radius 1 is 1.15 bits per heavy atom. The molecule has 0 fully saturated rings. The molecule has 1 heterocycles. The van der Waals surface area contributed by atoms with Crippen molar-refractivity contribution in [2.75, 3.05) is 14.2 Å². The van der Waals surface area contributed by atoms with Crippen LogP contribution in [0.5, 0.6) is 11.5 Å². The summed E-state index contributed by atoms with van der Waals surface area (Å²) < 4.78 is 12.6. The standard InChI is InChI=1S/C13H14Br2N2O2S/c1-18-9-4-3-7(5-10(9)19-2)12(17-16)11-6-8(14)13(15)20-11/h3-6,12,17H,16H2,1-2H3. The molecule has 108 valence electrons. The van der Waals surface area contributed by atoms with E-state index < -0.39 is 0 Å². The highest BCUT2D eigenvalue weighted by molar-refractivity contribution is 9.13. The Hall–Kier alpha value is -0.600. The highest BCUT2D eigenvalue weighted by Crippen LogP contribution is 2.39. The fourth-order valence-electron chi connectivity index (χ4n) is 1.88. The smallest absolute Gasteiger partial charge is 0.161 e. The molecule has 20 heavy (non-hydrogen) atoms. The number of methoxy groups -OCH3 is 2. The summed E-state index contributed by atoms with van der Waals surface area (Å²) >= 11 is 8.60. The van der Waals surface area contributed by atoms with Crippen LogP contribution in [-0.4, -0.2) is 14.2 Å².